The fourth-order valence-electron chi connectivity index (χ4n) is 1.64. The highest BCUT2D eigenvalue weighted by Gasteiger charge is 2.09. The highest BCUT2D eigenvalue weighted by Crippen LogP contribution is 2.25. The molecule has 18 heavy (non-hydrogen) atoms. The molecule has 4 heteroatoms. The molecule has 1 aromatic heterocycles. The van der Waals surface area contributed by atoms with E-state index in [2.05, 4.69) is 9.97 Å². The number of nitrogens with zero attached hydrogens (tertiary/aromatic N) is 2. The van der Waals surface area contributed by atoms with Crippen LogP contribution >= 0.6 is 11.6 Å². The number of rotatable bonds is 2. The van der Waals surface area contributed by atoms with Crippen molar-refractivity contribution >= 4 is 17.4 Å². The second kappa shape index (κ2) is 4.94. The predicted octanol–water partition coefficient (Wildman–Crippen LogP) is 3.81. The molecule has 0 unspecified atom stereocenters. The summed E-state index contributed by atoms with van der Waals surface area (Å²) in [6, 6.07) is 7.65. The van der Waals surface area contributed by atoms with E-state index in [0.717, 1.165) is 27.7 Å². The SMILES string of the molecule is Cc1ccc(-c2cc(N)nc(C(C)C)n2)cc1Cl. The largest absolute Gasteiger partial charge is 0.384 e. The van der Waals surface area contributed by atoms with Crippen LogP contribution in [0.5, 0.6) is 0 Å². The highest BCUT2D eigenvalue weighted by molar-refractivity contribution is 6.31. The number of aryl methyl sites for hydroxylation is 1. The average Bonchev–Trinajstić information content (AvgIpc) is 2.31. The third kappa shape index (κ3) is 2.62. The number of benzene rings is 1. The maximum atomic E-state index is 6.13. The zero-order valence-electron chi connectivity index (χ0n) is 10.7. The molecule has 1 aromatic carbocycles. The number of nitrogen functional groups attached to an aromatic ring is 1. The Morgan fingerprint density at radius 2 is 1.89 bits per heavy atom. The van der Waals surface area contributed by atoms with Crippen LogP contribution in [0.2, 0.25) is 5.02 Å². The van der Waals surface area contributed by atoms with Crippen molar-refractivity contribution in [3.8, 4) is 11.3 Å². The van der Waals surface area contributed by atoms with Crippen LogP contribution in [0.15, 0.2) is 24.3 Å². The molecular formula is C14H16ClN3. The lowest BCUT2D eigenvalue weighted by Crippen LogP contribution is -2.02. The van der Waals surface area contributed by atoms with Gasteiger partial charge in [0.2, 0.25) is 0 Å². The first-order valence-corrected chi connectivity index (χ1v) is 6.26. The smallest absolute Gasteiger partial charge is 0.133 e. The lowest BCUT2D eigenvalue weighted by atomic mass is 10.1. The van der Waals surface area contributed by atoms with Crippen molar-refractivity contribution in [2.75, 3.05) is 5.73 Å². The monoisotopic (exact) mass is 261 g/mol. The molecule has 1 heterocycles. The molecule has 0 amide bonds. The summed E-state index contributed by atoms with van der Waals surface area (Å²) in [4.78, 5) is 8.76. The molecule has 0 fully saturated rings. The number of hydrogen-bond acceptors (Lipinski definition) is 3. The number of hydrogen-bond donors (Lipinski definition) is 1. The van der Waals surface area contributed by atoms with Crippen molar-refractivity contribution in [1.29, 1.82) is 0 Å². The third-order valence-electron chi connectivity index (χ3n) is 2.75. The van der Waals surface area contributed by atoms with E-state index in [4.69, 9.17) is 17.3 Å². The third-order valence-corrected chi connectivity index (χ3v) is 3.15. The Morgan fingerprint density at radius 3 is 2.50 bits per heavy atom. The van der Waals surface area contributed by atoms with Gasteiger partial charge < -0.3 is 5.73 Å². The summed E-state index contributed by atoms with van der Waals surface area (Å²) in [7, 11) is 0. The van der Waals surface area contributed by atoms with E-state index >= 15 is 0 Å². The van der Waals surface area contributed by atoms with Crippen LogP contribution in [-0.2, 0) is 0 Å². The zero-order chi connectivity index (χ0) is 13.3. The van der Waals surface area contributed by atoms with Gasteiger partial charge in [-0.25, -0.2) is 9.97 Å². The Hall–Kier alpha value is -1.61. The summed E-state index contributed by atoms with van der Waals surface area (Å²) in [5, 5.41) is 0.732. The van der Waals surface area contributed by atoms with Crippen molar-refractivity contribution in [1.82, 2.24) is 9.97 Å². The Balaban J connectivity index is 2.53. The minimum Gasteiger partial charge on any atom is -0.384 e. The van der Waals surface area contributed by atoms with E-state index < -0.39 is 0 Å². The van der Waals surface area contributed by atoms with Crippen molar-refractivity contribution in [2.24, 2.45) is 0 Å². The maximum absolute atomic E-state index is 6.13. The normalized spacial score (nSPS) is 10.9. The van der Waals surface area contributed by atoms with Crippen LogP contribution in [-0.4, -0.2) is 9.97 Å². The molecule has 0 saturated carbocycles. The molecule has 2 rings (SSSR count). The van der Waals surface area contributed by atoms with Gasteiger partial charge in [0.15, 0.2) is 0 Å². The Labute approximate surface area is 112 Å². The summed E-state index contributed by atoms with van der Waals surface area (Å²) < 4.78 is 0. The van der Waals surface area contributed by atoms with Crippen LogP contribution in [0.25, 0.3) is 11.3 Å². The van der Waals surface area contributed by atoms with Gasteiger partial charge in [0, 0.05) is 22.6 Å². The molecule has 0 aliphatic rings. The summed E-state index contributed by atoms with van der Waals surface area (Å²) >= 11 is 6.13. The second-order valence-electron chi connectivity index (χ2n) is 4.65. The van der Waals surface area contributed by atoms with Gasteiger partial charge >= 0.3 is 0 Å². The first kappa shape index (κ1) is 12.8. The average molecular weight is 262 g/mol. The van der Waals surface area contributed by atoms with Crippen molar-refractivity contribution in [3.05, 3.63) is 40.7 Å². The van der Waals surface area contributed by atoms with E-state index in [1.54, 1.807) is 6.07 Å². The lowest BCUT2D eigenvalue weighted by Gasteiger charge is -2.09. The van der Waals surface area contributed by atoms with E-state index in [9.17, 15) is 0 Å². The fraction of sp³-hybridized carbons (Fsp3) is 0.286. The summed E-state index contributed by atoms with van der Waals surface area (Å²) in [6.07, 6.45) is 0. The molecule has 3 nitrogen and oxygen atoms in total. The molecular weight excluding hydrogens is 246 g/mol. The Kier molecular flexibility index (Phi) is 3.53. The molecule has 2 aromatic rings. The van der Waals surface area contributed by atoms with Crippen molar-refractivity contribution in [2.45, 2.75) is 26.7 Å². The number of halogens is 1. The number of nitrogens with two attached hydrogens (primary N) is 1. The molecule has 0 aliphatic heterocycles. The molecule has 0 saturated heterocycles. The van der Waals surface area contributed by atoms with Crippen molar-refractivity contribution in [3.63, 3.8) is 0 Å². The van der Waals surface area contributed by atoms with Gasteiger partial charge in [-0.1, -0.05) is 37.6 Å². The summed E-state index contributed by atoms with van der Waals surface area (Å²) in [5.41, 5.74) is 8.64. The van der Waals surface area contributed by atoms with Crippen LogP contribution < -0.4 is 5.73 Å². The van der Waals surface area contributed by atoms with E-state index in [1.807, 2.05) is 39.0 Å². The molecule has 94 valence electrons. The molecule has 0 aliphatic carbocycles. The second-order valence-corrected chi connectivity index (χ2v) is 5.06. The van der Waals surface area contributed by atoms with Gasteiger partial charge in [0.05, 0.1) is 5.69 Å². The molecule has 0 bridgehead atoms. The van der Waals surface area contributed by atoms with Gasteiger partial charge in [-0.2, -0.15) is 0 Å². The first-order chi connectivity index (χ1) is 8.47. The molecule has 0 atom stereocenters. The van der Waals surface area contributed by atoms with E-state index in [1.165, 1.54) is 0 Å². The minimum absolute atomic E-state index is 0.244. The van der Waals surface area contributed by atoms with Gasteiger partial charge in [-0.05, 0) is 18.6 Å². The fourth-order valence-corrected chi connectivity index (χ4v) is 1.82. The van der Waals surface area contributed by atoms with Crippen LogP contribution in [0, 0.1) is 6.92 Å². The minimum atomic E-state index is 0.244. The van der Waals surface area contributed by atoms with Gasteiger partial charge in [0.25, 0.3) is 0 Å². The summed E-state index contributed by atoms with van der Waals surface area (Å²) in [5.74, 6) is 1.48. The highest BCUT2D eigenvalue weighted by atomic mass is 35.5. The van der Waals surface area contributed by atoms with E-state index in [0.29, 0.717) is 5.82 Å². The Bertz CT molecular complexity index is 579. The molecule has 0 spiro atoms. The lowest BCUT2D eigenvalue weighted by molar-refractivity contribution is 0.779. The quantitative estimate of drug-likeness (QED) is 0.894. The standard InChI is InChI=1S/C14H16ClN3/c1-8(2)14-17-12(7-13(16)18-14)10-5-4-9(3)11(15)6-10/h4-8H,1-3H3,(H2,16,17,18). The van der Waals surface area contributed by atoms with Crippen LogP contribution in [0.3, 0.4) is 0 Å². The maximum Gasteiger partial charge on any atom is 0.133 e. The van der Waals surface area contributed by atoms with E-state index in [-0.39, 0.29) is 5.92 Å². The molecule has 0 radical (unpaired) electrons. The van der Waals surface area contributed by atoms with Crippen LogP contribution in [0.4, 0.5) is 5.82 Å². The van der Waals surface area contributed by atoms with Gasteiger partial charge in [-0.15, -0.1) is 0 Å². The number of anilines is 1. The first-order valence-electron chi connectivity index (χ1n) is 5.88. The molecule has 2 N–H and O–H groups in total. The zero-order valence-corrected chi connectivity index (χ0v) is 11.5. The summed E-state index contributed by atoms with van der Waals surface area (Å²) in [6.45, 7) is 6.06. The van der Waals surface area contributed by atoms with Gasteiger partial charge in [-0.3, -0.25) is 0 Å². The Morgan fingerprint density at radius 1 is 1.17 bits per heavy atom. The van der Waals surface area contributed by atoms with Crippen molar-refractivity contribution < 1.29 is 0 Å². The number of aromatic nitrogens is 2. The van der Waals surface area contributed by atoms with Crippen LogP contribution in [0.1, 0.15) is 31.2 Å². The van der Waals surface area contributed by atoms with Gasteiger partial charge in [0.1, 0.15) is 11.6 Å². The topological polar surface area (TPSA) is 51.8 Å². The predicted molar refractivity (Wildman–Crippen MR) is 75.7 cm³/mol.